The minimum atomic E-state index is -3.89. The summed E-state index contributed by atoms with van der Waals surface area (Å²) in [5.74, 6) is -2.59. The molecule has 0 aliphatic carbocycles. The van der Waals surface area contributed by atoms with Crippen LogP contribution in [0.1, 0.15) is 0 Å². The summed E-state index contributed by atoms with van der Waals surface area (Å²) in [6.45, 7) is -0.0384. The first-order valence-electron chi connectivity index (χ1n) is 5.48. The highest BCUT2D eigenvalue weighted by Gasteiger charge is 2.36. The smallest absolute Gasteiger partial charge is 0.310 e. The quantitative estimate of drug-likeness (QED) is 0.826. The van der Waals surface area contributed by atoms with Crippen molar-refractivity contribution >= 4 is 16.0 Å². The van der Waals surface area contributed by atoms with Gasteiger partial charge >= 0.3 is 5.97 Å². The Kier molecular flexibility index (Phi) is 3.83. The molecule has 2 N–H and O–H groups in total. The summed E-state index contributed by atoms with van der Waals surface area (Å²) in [5.41, 5.74) is 0. The normalized spacial score (nSPS) is 23.4. The zero-order valence-electron chi connectivity index (χ0n) is 9.74. The predicted octanol–water partition coefficient (Wildman–Crippen LogP) is 0.204. The third kappa shape index (κ3) is 3.09. The van der Waals surface area contributed by atoms with Crippen LogP contribution in [-0.4, -0.2) is 38.7 Å². The molecule has 1 aromatic carbocycles. The predicted molar refractivity (Wildman–Crippen MR) is 62.5 cm³/mol. The summed E-state index contributed by atoms with van der Waals surface area (Å²) >= 11 is 0. The highest BCUT2D eigenvalue weighted by Crippen LogP contribution is 2.17. The number of hydrogen-bond donors (Lipinski definition) is 2. The first-order valence-corrected chi connectivity index (χ1v) is 6.97. The number of benzene rings is 1. The number of nitrogens with one attached hydrogen (secondary N) is 1. The molecular formula is C11H12FNO5S. The first-order chi connectivity index (χ1) is 8.90. The number of carboxylic acid groups (broad SMARTS) is 1. The van der Waals surface area contributed by atoms with Crippen LogP contribution in [0.4, 0.5) is 4.39 Å². The number of carboxylic acids is 1. The summed E-state index contributed by atoms with van der Waals surface area (Å²) in [4.78, 5) is 10.8. The van der Waals surface area contributed by atoms with E-state index in [0.29, 0.717) is 0 Å². The lowest BCUT2D eigenvalue weighted by molar-refractivity contribution is -0.142. The maximum absolute atomic E-state index is 12.7. The number of rotatable bonds is 4. The van der Waals surface area contributed by atoms with Crippen LogP contribution >= 0.6 is 0 Å². The monoisotopic (exact) mass is 289 g/mol. The first kappa shape index (κ1) is 13.9. The molecule has 6 nitrogen and oxygen atoms in total. The second kappa shape index (κ2) is 5.24. The van der Waals surface area contributed by atoms with Gasteiger partial charge in [0.05, 0.1) is 30.1 Å². The van der Waals surface area contributed by atoms with E-state index in [2.05, 4.69) is 4.72 Å². The molecule has 2 rings (SSSR count). The van der Waals surface area contributed by atoms with Crippen LogP contribution in [0.15, 0.2) is 29.2 Å². The van der Waals surface area contributed by atoms with Gasteiger partial charge in [0, 0.05) is 0 Å². The lowest BCUT2D eigenvalue weighted by atomic mass is 10.1. The van der Waals surface area contributed by atoms with E-state index in [4.69, 9.17) is 9.84 Å². The summed E-state index contributed by atoms with van der Waals surface area (Å²) in [6, 6.07) is 3.45. The van der Waals surface area contributed by atoms with Gasteiger partial charge in [0.15, 0.2) is 0 Å². The van der Waals surface area contributed by atoms with Crippen LogP contribution in [0.2, 0.25) is 0 Å². The van der Waals surface area contributed by atoms with Crippen molar-refractivity contribution < 1.29 is 27.4 Å². The van der Waals surface area contributed by atoms with Crippen LogP contribution in [0.25, 0.3) is 0 Å². The fraction of sp³-hybridized carbons (Fsp3) is 0.364. The van der Waals surface area contributed by atoms with Crippen LogP contribution in [0, 0.1) is 11.7 Å². The van der Waals surface area contributed by atoms with Crippen LogP contribution < -0.4 is 4.72 Å². The standard InChI is InChI=1S/C11H12FNO5S/c12-7-1-3-8(4-2-7)19(16,17)13-10-6-18-5-9(10)11(14)15/h1-4,9-10,13H,5-6H2,(H,14,15). The van der Waals surface area contributed by atoms with E-state index in [1.807, 2.05) is 0 Å². The molecule has 1 aliphatic heterocycles. The maximum atomic E-state index is 12.7. The van der Waals surface area contributed by atoms with Crippen molar-refractivity contribution in [2.24, 2.45) is 5.92 Å². The fourth-order valence-electron chi connectivity index (χ4n) is 1.79. The Morgan fingerprint density at radius 3 is 2.53 bits per heavy atom. The topological polar surface area (TPSA) is 92.7 Å². The van der Waals surface area contributed by atoms with Crippen molar-refractivity contribution in [3.8, 4) is 0 Å². The van der Waals surface area contributed by atoms with Gasteiger partial charge in [-0.3, -0.25) is 4.79 Å². The minimum Gasteiger partial charge on any atom is -0.481 e. The number of carbonyl (C=O) groups is 1. The molecule has 19 heavy (non-hydrogen) atoms. The Bertz CT molecular complexity index is 571. The van der Waals surface area contributed by atoms with Gasteiger partial charge in [-0.15, -0.1) is 0 Å². The Labute approximate surface area is 109 Å². The molecule has 0 radical (unpaired) electrons. The average Bonchev–Trinajstić information content (AvgIpc) is 2.77. The average molecular weight is 289 g/mol. The number of hydrogen-bond acceptors (Lipinski definition) is 4. The Hall–Kier alpha value is -1.51. The van der Waals surface area contributed by atoms with E-state index in [1.165, 1.54) is 0 Å². The summed E-state index contributed by atoms with van der Waals surface area (Å²) in [6.07, 6.45) is 0. The zero-order chi connectivity index (χ0) is 14.0. The molecular weight excluding hydrogens is 277 g/mol. The molecule has 8 heteroatoms. The molecule has 1 aromatic rings. The molecule has 1 saturated heterocycles. The highest BCUT2D eigenvalue weighted by atomic mass is 32.2. The van der Waals surface area contributed by atoms with Crippen molar-refractivity contribution in [1.82, 2.24) is 4.72 Å². The lowest BCUT2D eigenvalue weighted by Gasteiger charge is -2.15. The Balaban J connectivity index is 2.17. The van der Waals surface area contributed by atoms with E-state index in [0.717, 1.165) is 24.3 Å². The van der Waals surface area contributed by atoms with E-state index in [-0.39, 0.29) is 18.1 Å². The molecule has 0 saturated carbocycles. The van der Waals surface area contributed by atoms with Gasteiger partial charge in [0.1, 0.15) is 5.82 Å². The molecule has 0 spiro atoms. The minimum absolute atomic E-state index is 0.00259. The molecule has 2 unspecified atom stereocenters. The van der Waals surface area contributed by atoms with Gasteiger partial charge in [-0.05, 0) is 24.3 Å². The number of sulfonamides is 1. The fourth-order valence-corrected chi connectivity index (χ4v) is 3.06. The zero-order valence-corrected chi connectivity index (χ0v) is 10.6. The number of halogens is 1. The van der Waals surface area contributed by atoms with Gasteiger partial charge in [-0.2, -0.15) is 0 Å². The Morgan fingerprint density at radius 1 is 1.32 bits per heavy atom. The summed E-state index contributed by atoms with van der Waals surface area (Å²) in [5, 5.41) is 8.92. The van der Waals surface area contributed by atoms with Crippen molar-refractivity contribution in [2.45, 2.75) is 10.9 Å². The Morgan fingerprint density at radius 2 is 1.95 bits per heavy atom. The summed E-state index contributed by atoms with van der Waals surface area (Å²) < 4.78 is 43.9. The van der Waals surface area contributed by atoms with Crippen LogP contribution in [-0.2, 0) is 19.6 Å². The van der Waals surface area contributed by atoms with E-state index in [9.17, 15) is 17.6 Å². The molecule has 104 valence electrons. The maximum Gasteiger partial charge on any atom is 0.310 e. The van der Waals surface area contributed by atoms with Gasteiger partial charge in [0.25, 0.3) is 0 Å². The van der Waals surface area contributed by atoms with E-state index < -0.39 is 33.8 Å². The van der Waals surface area contributed by atoms with Gasteiger partial charge in [-0.1, -0.05) is 0 Å². The van der Waals surface area contributed by atoms with Crippen molar-refractivity contribution in [2.75, 3.05) is 13.2 Å². The largest absolute Gasteiger partial charge is 0.481 e. The lowest BCUT2D eigenvalue weighted by Crippen LogP contribution is -2.42. The van der Waals surface area contributed by atoms with Crippen LogP contribution in [0.5, 0.6) is 0 Å². The van der Waals surface area contributed by atoms with Crippen molar-refractivity contribution in [3.63, 3.8) is 0 Å². The van der Waals surface area contributed by atoms with E-state index in [1.54, 1.807) is 0 Å². The third-order valence-electron chi connectivity index (χ3n) is 2.83. The number of aliphatic carboxylic acids is 1. The van der Waals surface area contributed by atoms with E-state index >= 15 is 0 Å². The second-order valence-electron chi connectivity index (χ2n) is 4.16. The molecule has 1 aliphatic rings. The molecule has 2 atom stereocenters. The van der Waals surface area contributed by atoms with Gasteiger partial charge in [0.2, 0.25) is 10.0 Å². The van der Waals surface area contributed by atoms with Gasteiger partial charge < -0.3 is 9.84 Å². The molecule has 0 bridgehead atoms. The molecule has 0 aromatic heterocycles. The molecule has 1 heterocycles. The molecule has 1 fully saturated rings. The van der Waals surface area contributed by atoms with Crippen molar-refractivity contribution in [3.05, 3.63) is 30.1 Å². The summed E-state index contributed by atoms with van der Waals surface area (Å²) in [7, 11) is -3.89. The SMILES string of the molecule is O=C(O)C1COCC1NS(=O)(=O)c1ccc(F)cc1. The third-order valence-corrected chi connectivity index (χ3v) is 4.33. The van der Waals surface area contributed by atoms with Gasteiger partial charge in [-0.25, -0.2) is 17.5 Å². The van der Waals surface area contributed by atoms with Crippen molar-refractivity contribution in [1.29, 1.82) is 0 Å². The molecule has 0 amide bonds. The second-order valence-corrected chi connectivity index (χ2v) is 5.88. The highest BCUT2D eigenvalue weighted by molar-refractivity contribution is 7.89. The number of ether oxygens (including phenoxy) is 1. The van der Waals surface area contributed by atoms with Crippen LogP contribution in [0.3, 0.4) is 0 Å².